The fourth-order valence-corrected chi connectivity index (χ4v) is 4.93. The van der Waals surface area contributed by atoms with E-state index in [2.05, 4.69) is 61.2 Å². The number of hydrogen-bond acceptors (Lipinski definition) is 5. The number of rotatable bonds is 5. The summed E-state index contributed by atoms with van der Waals surface area (Å²) in [5.74, 6) is 1.76. The van der Waals surface area contributed by atoms with Crippen molar-refractivity contribution in [2.75, 3.05) is 19.0 Å². The first-order chi connectivity index (χ1) is 15.5. The van der Waals surface area contributed by atoms with E-state index in [9.17, 15) is 0 Å². The normalized spacial score (nSPS) is 11.2. The maximum Gasteiger partial charge on any atom is 0.161 e. The van der Waals surface area contributed by atoms with E-state index in [1.54, 1.807) is 11.3 Å². The summed E-state index contributed by atoms with van der Waals surface area (Å²) in [5, 5.41) is 2.21. The van der Waals surface area contributed by atoms with Crippen molar-refractivity contribution in [1.82, 2.24) is 19.5 Å². The first-order valence-corrected chi connectivity index (χ1v) is 11.5. The number of benzene rings is 2. The number of hydrogen-bond donors (Lipinski definition) is 0. The van der Waals surface area contributed by atoms with Crippen molar-refractivity contribution in [1.29, 1.82) is 0 Å². The van der Waals surface area contributed by atoms with Crippen molar-refractivity contribution in [3.05, 3.63) is 83.1 Å². The Hall–Kier alpha value is -3.51. The van der Waals surface area contributed by atoms with Gasteiger partial charge in [0.05, 0.1) is 15.9 Å². The molecule has 160 valence electrons. The Morgan fingerprint density at radius 2 is 1.78 bits per heavy atom. The predicted molar refractivity (Wildman–Crippen MR) is 133 cm³/mol. The van der Waals surface area contributed by atoms with Gasteiger partial charge in [-0.05, 0) is 35.6 Å². The third kappa shape index (κ3) is 3.78. The minimum atomic E-state index is 0.766. The molecule has 0 spiro atoms. The van der Waals surface area contributed by atoms with E-state index >= 15 is 0 Å². The summed E-state index contributed by atoms with van der Waals surface area (Å²) in [6.07, 6.45) is 4.84. The van der Waals surface area contributed by atoms with Gasteiger partial charge in [-0.15, -0.1) is 11.3 Å². The molecule has 0 aliphatic heterocycles. The summed E-state index contributed by atoms with van der Waals surface area (Å²) in [7, 11) is 6.12. The minimum Gasteiger partial charge on any atom is -0.377 e. The number of aryl methyl sites for hydroxylation is 2. The zero-order chi connectivity index (χ0) is 22.2. The highest BCUT2D eigenvalue weighted by Gasteiger charge is 2.13. The van der Waals surface area contributed by atoms with Crippen molar-refractivity contribution >= 4 is 27.2 Å². The number of para-hydroxylation sites is 1. The van der Waals surface area contributed by atoms with Crippen molar-refractivity contribution in [3.8, 4) is 22.8 Å². The van der Waals surface area contributed by atoms with Crippen LogP contribution in [0.4, 0.5) is 5.69 Å². The minimum absolute atomic E-state index is 0.766. The molecule has 0 saturated carbocycles. The van der Waals surface area contributed by atoms with E-state index in [4.69, 9.17) is 4.98 Å². The average Bonchev–Trinajstić information content (AvgIpc) is 3.36. The Morgan fingerprint density at radius 3 is 2.50 bits per heavy atom. The topological polar surface area (TPSA) is 46.8 Å². The van der Waals surface area contributed by atoms with Crippen LogP contribution in [0.15, 0.2) is 66.3 Å². The Morgan fingerprint density at radius 1 is 1.00 bits per heavy atom. The van der Waals surface area contributed by atoms with Crippen LogP contribution >= 0.6 is 11.3 Å². The molecule has 0 amide bonds. The van der Waals surface area contributed by atoms with Crippen LogP contribution in [0.5, 0.6) is 0 Å². The van der Waals surface area contributed by atoms with Gasteiger partial charge in [0.2, 0.25) is 0 Å². The molecule has 0 N–H and O–H groups in total. The van der Waals surface area contributed by atoms with Crippen LogP contribution in [0.1, 0.15) is 16.8 Å². The zero-order valence-electron chi connectivity index (χ0n) is 18.7. The molecule has 0 radical (unpaired) electrons. The molecule has 6 heteroatoms. The molecule has 0 aliphatic carbocycles. The molecule has 0 atom stereocenters. The van der Waals surface area contributed by atoms with Crippen LogP contribution in [-0.2, 0) is 13.5 Å². The first kappa shape index (κ1) is 20.4. The van der Waals surface area contributed by atoms with Gasteiger partial charge in [-0.25, -0.2) is 15.0 Å². The second-order valence-electron chi connectivity index (χ2n) is 8.27. The lowest BCUT2D eigenvalue weighted by atomic mass is 10.0. The van der Waals surface area contributed by atoms with Crippen molar-refractivity contribution < 1.29 is 0 Å². The number of imidazole rings is 1. The summed E-state index contributed by atoms with van der Waals surface area (Å²) in [5.41, 5.74) is 7.85. The molecule has 0 bridgehead atoms. The van der Waals surface area contributed by atoms with Gasteiger partial charge < -0.3 is 9.47 Å². The molecular formula is C26H25N5S. The van der Waals surface area contributed by atoms with Crippen LogP contribution in [0, 0.1) is 6.92 Å². The number of anilines is 1. The van der Waals surface area contributed by atoms with Crippen molar-refractivity contribution in [2.45, 2.75) is 13.3 Å². The van der Waals surface area contributed by atoms with Crippen LogP contribution in [0.3, 0.4) is 0 Å². The molecule has 2 aromatic carbocycles. The third-order valence-electron chi connectivity index (χ3n) is 5.62. The zero-order valence-corrected chi connectivity index (χ0v) is 19.5. The van der Waals surface area contributed by atoms with Gasteiger partial charge in [-0.1, -0.05) is 36.4 Å². The average molecular weight is 440 g/mol. The van der Waals surface area contributed by atoms with Gasteiger partial charge in [0.15, 0.2) is 5.82 Å². The number of thiophene rings is 1. The first-order valence-electron chi connectivity index (χ1n) is 10.6. The van der Waals surface area contributed by atoms with E-state index in [0.29, 0.717) is 0 Å². The Bertz CT molecular complexity index is 1400. The van der Waals surface area contributed by atoms with Gasteiger partial charge in [-0.3, -0.25) is 0 Å². The largest absolute Gasteiger partial charge is 0.377 e. The molecular weight excluding hydrogens is 414 g/mol. The standard InChI is InChI=1S/C26H25N5S/c1-17-15-31(4)26(28-17)19-11-9-18(10-12-19)13-20-16-32-23-14-27-25(29-24(20)23)21-7-5-6-8-22(21)30(2)3/h5-12,14-16H,13H2,1-4H3. The third-order valence-corrected chi connectivity index (χ3v) is 6.57. The number of fused-ring (bicyclic) bond motifs is 1. The van der Waals surface area contributed by atoms with Gasteiger partial charge in [-0.2, -0.15) is 0 Å². The fourth-order valence-electron chi connectivity index (χ4n) is 4.06. The highest BCUT2D eigenvalue weighted by Crippen LogP contribution is 2.31. The van der Waals surface area contributed by atoms with E-state index in [0.717, 1.165) is 50.8 Å². The van der Waals surface area contributed by atoms with E-state index in [1.807, 2.05) is 52.6 Å². The smallest absolute Gasteiger partial charge is 0.161 e. The molecule has 0 fully saturated rings. The number of aromatic nitrogens is 4. The van der Waals surface area contributed by atoms with Crippen molar-refractivity contribution in [3.63, 3.8) is 0 Å². The molecule has 0 saturated heterocycles. The second-order valence-corrected chi connectivity index (χ2v) is 9.18. The molecule has 3 aromatic heterocycles. The maximum atomic E-state index is 4.98. The van der Waals surface area contributed by atoms with Crippen LogP contribution in [0.2, 0.25) is 0 Å². The maximum absolute atomic E-state index is 4.98. The lowest BCUT2D eigenvalue weighted by Crippen LogP contribution is -2.10. The van der Waals surface area contributed by atoms with Crippen LogP contribution < -0.4 is 4.90 Å². The summed E-state index contributed by atoms with van der Waals surface area (Å²) < 4.78 is 3.19. The lowest BCUT2D eigenvalue weighted by Gasteiger charge is -2.16. The second kappa shape index (κ2) is 8.20. The van der Waals surface area contributed by atoms with Gasteiger partial charge >= 0.3 is 0 Å². The molecule has 3 heterocycles. The van der Waals surface area contributed by atoms with Crippen molar-refractivity contribution in [2.24, 2.45) is 7.05 Å². The number of nitrogens with zero attached hydrogens (tertiary/aromatic N) is 5. The Kier molecular flexibility index (Phi) is 5.23. The van der Waals surface area contributed by atoms with Gasteiger partial charge in [0.1, 0.15) is 5.82 Å². The highest BCUT2D eigenvalue weighted by atomic mass is 32.1. The molecule has 32 heavy (non-hydrogen) atoms. The molecule has 0 aliphatic rings. The highest BCUT2D eigenvalue weighted by molar-refractivity contribution is 7.17. The van der Waals surface area contributed by atoms with Gasteiger partial charge in [0.25, 0.3) is 0 Å². The van der Waals surface area contributed by atoms with E-state index in [-0.39, 0.29) is 0 Å². The van der Waals surface area contributed by atoms with E-state index in [1.165, 1.54) is 11.1 Å². The Labute approximate surface area is 192 Å². The summed E-state index contributed by atoms with van der Waals surface area (Å²) in [4.78, 5) is 16.4. The molecule has 0 unspecified atom stereocenters. The summed E-state index contributed by atoms with van der Waals surface area (Å²) >= 11 is 1.70. The molecule has 5 nitrogen and oxygen atoms in total. The lowest BCUT2D eigenvalue weighted by molar-refractivity contribution is 0.924. The fraction of sp³-hybridized carbons (Fsp3) is 0.192. The predicted octanol–water partition coefficient (Wildman–Crippen LogP) is 5.72. The quantitative estimate of drug-likeness (QED) is 0.351. The van der Waals surface area contributed by atoms with Crippen LogP contribution in [0.25, 0.3) is 33.0 Å². The molecule has 5 aromatic rings. The summed E-state index contributed by atoms with van der Waals surface area (Å²) in [6, 6.07) is 16.9. The van der Waals surface area contributed by atoms with Crippen LogP contribution in [-0.4, -0.2) is 33.6 Å². The SMILES string of the molecule is Cc1cn(C)c(-c2ccc(Cc3csc4cnc(-c5ccccc5N(C)C)nc34)cc2)n1. The summed E-state index contributed by atoms with van der Waals surface area (Å²) in [6.45, 7) is 2.02. The molecule has 5 rings (SSSR count). The van der Waals surface area contributed by atoms with Gasteiger partial charge in [0, 0.05) is 56.8 Å². The van der Waals surface area contributed by atoms with E-state index < -0.39 is 0 Å². The Balaban J connectivity index is 1.47. The monoisotopic (exact) mass is 439 g/mol.